The van der Waals surface area contributed by atoms with Crippen molar-refractivity contribution in [2.24, 2.45) is 0 Å². The minimum Gasteiger partial charge on any atom is -0.316 e. The molecule has 1 heteroatoms. The second-order valence-electron chi connectivity index (χ2n) is 5.01. The molecule has 2 rings (SSSR count). The molecule has 2 aromatic carbocycles. The molecule has 20 heavy (non-hydrogen) atoms. The fourth-order valence-electron chi connectivity index (χ4n) is 2.47. The van der Waals surface area contributed by atoms with Crippen LogP contribution in [0.2, 0.25) is 0 Å². The van der Waals surface area contributed by atoms with E-state index < -0.39 is 0 Å². The summed E-state index contributed by atoms with van der Waals surface area (Å²) < 4.78 is 0. The summed E-state index contributed by atoms with van der Waals surface area (Å²) in [5.74, 6) is 0.334. The van der Waals surface area contributed by atoms with Gasteiger partial charge in [-0.1, -0.05) is 79.2 Å². The van der Waals surface area contributed by atoms with Crippen LogP contribution < -0.4 is 5.32 Å². The van der Waals surface area contributed by atoms with E-state index in [-0.39, 0.29) is 0 Å². The Kier molecular flexibility index (Phi) is 5.57. The fraction of sp³-hybridized carbons (Fsp3) is 0.263. The smallest absolute Gasteiger partial charge is 0.0272 e. The first-order valence-electron chi connectivity index (χ1n) is 7.29. The molecule has 104 valence electrons. The lowest BCUT2D eigenvalue weighted by molar-refractivity contribution is 0.829. The van der Waals surface area contributed by atoms with Crippen molar-refractivity contribution in [1.29, 1.82) is 0 Å². The quantitative estimate of drug-likeness (QED) is 0.765. The van der Waals surface area contributed by atoms with E-state index in [0.717, 1.165) is 13.0 Å². The van der Waals surface area contributed by atoms with Crippen LogP contribution >= 0.6 is 0 Å². The third kappa shape index (κ3) is 3.82. The molecule has 0 unspecified atom stereocenters. The Morgan fingerprint density at radius 1 is 0.950 bits per heavy atom. The van der Waals surface area contributed by atoms with Gasteiger partial charge >= 0.3 is 0 Å². The molecule has 0 radical (unpaired) electrons. The van der Waals surface area contributed by atoms with E-state index in [1.165, 1.54) is 16.7 Å². The van der Waals surface area contributed by atoms with Gasteiger partial charge in [-0.05, 0) is 24.6 Å². The summed E-state index contributed by atoms with van der Waals surface area (Å²) in [6.07, 6.45) is 3.48. The van der Waals surface area contributed by atoms with Crippen molar-refractivity contribution in [3.05, 3.63) is 83.4 Å². The average Bonchev–Trinajstić information content (AvgIpc) is 2.53. The van der Waals surface area contributed by atoms with Crippen LogP contribution in [0.5, 0.6) is 0 Å². The van der Waals surface area contributed by atoms with E-state index in [4.69, 9.17) is 0 Å². The van der Waals surface area contributed by atoms with E-state index in [0.29, 0.717) is 5.92 Å². The van der Waals surface area contributed by atoms with Crippen LogP contribution in [0.3, 0.4) is 0 Å². The predicted octanol–water partition coefficient (Wildman–Crippen LogP) is 4.37. The molecule has 0 aliphatic rings. The zero-order chi connectivity index (χ0) is 14.2. The van der Waals surface area contributed by atoms with Gasteiger partial charge in [0.05, 0.1) is 0 Å². The average molecular weight is 265 g/mol. The maximum absolute atomic E-state index is 3.26. The number of hydrogen-bond donors (Lipinski definition) is 1. The zero-order valence-electron chi connectivity index (χ0n) is 12.3. The number of benzene rings is 2. The van der Waals surface area contributed by atoms with Gasteiger partial charge in [0.25, 0.3) is 0 Å². The first-order valence-corrected chi connectivity index (χ1v) is 7.29. The van der Waals surface area contributed by atoms with Gasteiger partial charge in [-0.2, -0.15) is 0 Å². The third-order valence-electron chi connectivity index (χ3n) is 3.58. The number of likely N-dealkylation sites (N-methyl/N-ethyl adjacent to an activating group) is 1. The number of rotatable bonds is 6. The summed E-state index contributed by atoms with van der Waals surface area (Å²) in [7, 11) is 2.00. The lowest BCUT2D eigenvalue weighted by Crippen LogP contribution is -2.11. The summed E-state index contributed by atoms with van der Waals surface area (Å²) in [5, 5.41) is 3.26. The molecule has 0 heterocycles. The Morgan fingerprint density at radius 2 is 1.45 bits per heavy atom. The van der Waals surface area contributed by atoms with Gasteiger partial charge in [0, 0.05) is 12.5 Å². The normalized spacial score (nSPS) is 11.8. The second kappa shape index (κ2) is 7.66. The maximum Gasteiger partial charge on any atom is 0.0272 e. The highest BCUT2D eigenvalue weighted by atomic mass is 14.8. The van der Waals surface area contributed by atoms with Crippen LogP contribution in [0.15, 0.2) is 72.3 Å². The summed E-state index contributed by atoms with van der Waals surface area (Å²) in [6.45, 7) is 3.17. The highest BCUT2D eigenvalue weighted by Crippen LogP contribution is 2.27. The van der Waals surface area contributed by atoms with Crippen LogP contribution in [0.4, 0.5) is 0 Å². The number of hydrogen-bond acceptors (Lipinski definition) is 1. The molecule has 2 aromatic rings. The Labute approximate surface area is 122 Å². The molecule has 0 bridgehead atoms. The van der Waals surface area contributed by atoms with E-state index in [2.05, 4.69) is 79.0 Å². The van der Waals surface area contributed by atoms with Crippen molar-refractivity contribution < 1.29 is 0 Å². The molecule has 0 saturated carbocycles. The van der Waals surface area contributed by atoms with Crippen molar-refractivity contribution >= 4 is 0 Å². The molecular weight excluding hydrogens is 242 g/mol. The van der Waals surface area contributed by atoms with Crippen molar-refractivity contribution in [3.63, 3.8) is 0 Å². The van der Waals surface area contributed by atoms with Gasteiger partial charge in [-0.15, -0.1) is 0 Å². The van der Waals surface area contributed by atoms with Crippen LogP contribution in [0, 0.1) is 0 Å². The molecule has 0 aromatic heterocycles. The van der Waals surface area contributed by atoms with E-state index in [1.54, 1.807) is 0 Å². The number of nitrogens with one attached hydrogen (secondary N) is 1. The number of allylic oxidation sites excluding steroid dienone is 1. The topological polar surface area (TPSA) is 12.0 Å². The SMILES string of the molecule is CC/C(=C/C(c1ccccc1)c1ccccc1)CNC. The lowest BCUT2D eigenvalue weighted by atomic mass is 9.89. The Morgan fingerprint density at radius 3 is 1.85 bits per heavy atom. The van der Waals surface area contributed by atoms with Crippen molar-refractivity contribution in [2.75, 3.05) is 13.6 Å². The van der Waals surface area contributed by atoms with E-state index in [1.807, 2.05) is 7.05 Å². The van der Waals surface area contributed by atoms with Crippen LogP contribution in [0.1, 0.15) is 30.4 Å². The molecule has 0 atom stereocenters. The van der Waals surface area contributed by atoms with Crippen LogP contribution in [-0.2, 0) is 0 Å². The molecule has 0 saturated heterocycles. The zero-order valence-corrected chi connectivity index (χ0v) is 12.3. The first-order chi connectivity index (χ1) is 9.85. The summed E-state index contributed by atoms with van der Waals surface area (Å²) >= 11 is 0. The highest BCUT2D eigenvalue weighted by Gasteiger charge is 2.11. The van der Waals surface area contributed by atoms with Crippen LogP contribution in [0.25, 0.3) is 0 Å². The lowest BCUT2D eigenvalue weighted by Gasteiger charge is -2.16. The van der Waals surface area contributed by atoms with Gasteiger partial charge in [0.1, 0.15) is 0 Å². The monoisotopic (exact) mass is 265 g/mol. The van der Waals surface area contributed by atoms with Gasteiger partial charge in [-0.25, -0.2) is 0 Å². The summed E-state index contributed by atoms with van der Waals surface area (Å²) in [6, 6.07) is 21.4. The Bertz CT molecular complexity index is 489. The molecule has 0 spiro atoms. The first kappa shape index (κ1) is 14.5. The molecule has 0 aliphatic carbocycles. The van der Waals surface area contributed by atoms with Crippen molar-refractivity contribution in [1.82, 2.24) is 5.32 Å². The molecule has 0 fully saturated rings. The van der Waals surface area contributed by atoms with Crippen LogP contribution in [-0.4, -0.2) is 13.6 Å². The molecule has 1 nitrogen and oxygen atoms in total. The van der Waals surface area contributed by atoms with E-state index >= 15 is 0 Å². The van der Waals surface area contributed by atoms with Crippen molar-refractivity contribution in [3.8, 4) is 0 Å². The highest BCUT2D eigenvalue weighted by molar-refractivity contribution is 5.37. The van der Waals surface area contributed by atoms with Crippen molar-refractivity contribution in [2.45, 2.75) is 19.3 Å². The standard InChI is InChI=1S/C19H23N/c1-3-16(15-20-2)14-19(17-10-6-4-7-11-17)18-12-8-5-9-13-18/h4-14,19-20H,3,15H2,1-2H3/b16-14-. The van der Waals surface area contributed by atoms with Gasteiger partial charge in [0.15, 0.2) is 0 Å². The van der Waals surface area contributed by atoms with Gasteiger partial charge < -0.3 is 5.32 Å². The van der Waals surface area contributed by atoms with E-state index in [9.17, 15) is 0 Å². The minimum atomic E-state index is 0.334. The maximum atomic E-state index is 3.26. The largest absolute Gasteiger partial charge is 0.316 e. The molecule has 0 aliphatic heterocycles. The van der Waals surface area contributed by atoms with Gasteiger partial charge in [-0.3, -0.25) is 0 Å². The third-order valence-corrected chi connectivity index (χ3v) is 3.58. The molecule has 1 N–H and O–H groups in total. The second-order valence-corrected chi connectivity index (χ2v) is 5.01. The molecule has 0 amide bonds. The summed E-state index contributed by atoms with van der Waals surface area (Å²) in [5.41, 5.74) is 4.15. The van der Waals surface area contributed by atoms with Gasteiger partial charge in [0.2, 0.25) is 0 Å². The Balaban J connectivity index is 2.40. The fourth-order valence-corrected chi connectivity index (χ4v) is 2.47. The predicted molar refractivity (Wildman–Crippen MR) is 87.0 cm³/mol. The minimum absolute atomic E-state index is 0.334. The summed E-state index contributed by atoms with van der Waals surface area (Å²) in [4.78, 5) is 0. The Hall–Kier alpha value is -1.86. The molecular formula is C19H23N.